The molecule has 0 aliphatic heterocycles. The fourth-order valence-electron chi connectivity index (χ4n) is 7.75. The summed E-state index contributed by atoms with van der Waals surface area (Å²) < 4.78 is 0. The second kappa shape index (κ2) is 9.16. The summed E-state index contributed by atoms with van der Waals surface area (Å²) in [5, 5.41) is 5.82. The van der Waals surface area contributed by atoms with Crippen molar-refractivity contribution in [1.82, 2.24) is 0 Å². The van der Waals surface area contributed by atoms with Crippen molar-refractivity contribution in [3.8, 4) is 0 Å². The summed E-state index contributed by atoms with van der Waals surface area (Å²) in [7, 11) is 0. The third-order valence-corrected chi connectivity index (χ3v) is 9.22. The maximum absolute atomic E-state index is 2.55. The van der Waals surface area contributed by atoms with Gasteiger partial charge in [0.1, 0.15) is 0 Å². The molecule has 1 aliphatic rings. The predicted molar refractivity (Wildman–Crippen MR) is 169 cm³/mol. The van der Waals surface area contributed by atoms with E-state index in [-0.39, 0.29) is 6.71 Å². The molecule has 0 saturated heterocycles. The van der Waals surface area contributed by atoms with E-state index in [0.29, 0.717) is 0 Å². The molecule has 5 aromatic rings. The summed E-state index contributed by atoms with van der Waals surface area (Å²) in [4.78, 5) is 0. The van der Waals surface area contributed by atoms with Crippen molar-refractivity contribution in [2.24, 2.45) is 0 Å². The number of hydrogen-bond acceptors (Lipinski definition) is 0. The van der Waals surface area contributed by atoms with E-state index < -0.39 is 0 Å². The van der Waals surface area contributed by atoms with Crippen LogP contribution in [0.2, 0.25) is 0 Å². The maximum atomic E-state index is 2.55. The van der Waals surface area contributed by atoms with Gasteiger partial charge in [0, 0.05) is 0 Å². The van der Waals surface area contributed by atoms with Crippen LogP contribution in [-0.2, 0) is 19.3 Å². The van der Waals surface area contributed by atoms with Crippen molar-refractivity contribution in [2.75, 3.05) is 0 Å². The molecule has 0 radical (unpaired) electrons. The highest BCUT2D eigenvalue weighted by Gasteiger charge is 2.33. The van der Waals surface area contributed by atoms with Crippen molar-refractivity contribution in [3.05, 3.63) is 110 Å². The Labute approximate surface area is 229 Å². The average Bonchev–Trinajstić information content (AvgIpc) is 2.87. The van der Waals surface area contributed by atoms with Crippen LogP contribution in [0.25, 0.3) is 21.5 Å². The minimum Gasteiger partial charge on any atom is -0.0646 e. The zero-order valence-corrected chi connectivity index (χ0v) is 24.4. The molecule has 5 aromatic carbocycles. The minimum atomic E-state index is 0.228. The van der Waals surface area contributed by atoms with E-state index in [9.17, 15) is 0 Å². The lowest BCUT2D eigenvalue weighted by Crippen LogP contribution is -2.57. The Morgan fingerprint density at radius 1 is 0.579 bits per heavy atom. The van der Waals surface area contributed by atoms with Crippen LogP contribution >= 0.6 is 0 Å². The Kier molecular flexibility index (Phi) is 6.02. The Morgan fingerprint density at radius 3 is 1.87 bits per heavy atom. The first-order chi connectivity index (χ1) is 18.2. The third kappa shape index (κ3) is 3.74. The molecule has 0 atom stereocenters. The van der Waals surface area contributed by atoms with Crippen LogP contribution in [0.5, 0.6) is 0 Å². The van der Waals surface area contributed by atoms with Gasteiger partial charge in [-0.1, -0.05) is 111 Å². The first-order valence-corrected chi connectivity index (χ1v) is 14.3. The lowest BCUT2D eigenvalue weighted by atomic mass is 9.33. The molecule has 38 heavy (non-hydrogen) atoms. The van der Waals surface area contributed by atoms with Gasteiger partial charge in [-0.05, 0) is 112 Å². The van der Waals surface area contributed by atoms with E-state index in [2.05, 4.69) is 110 Å². The molecule has 0 unspecified atom stereocenters. The highest BCUT2D eigenvalue weighted by Crippen LogP contribution is 2.38. The molecule has 0 N–H and O–H groups in total. The molecule has 0 saturated carbocycles. The molecule has 0 aromatic heterocycles. The SMILES string of the molecule is CCc1cc(C)cc(C)c1B(c1cc(C)c2ccc3ccc(C)c4c3c2c1CC4)c1c(C)cc(C)cc1C. The minimum absolute atomic E-state index is 0.228. The standard InChI is InChI=1S/C37H39B/c1-9-28-19-22(3)18-27(8)37(28)38(36-25(6)16-21(2)17-26(36)7)33-20-24(5)31-13-12-29-11-10-23(4)30-14-15-32(33)35(31)34(29)30/h10-13,16-20H,9,14-15H2,1-8H3. The number of aryl methyl sites for hydroxylation is 10. The van der Waals surface area contributed by atoms with Gasteiger partial charge in [0.2, 0.25) is 6.71 Å². The summed E-state index contributed by atoms with van der Waals surface area (Å²) in [6, 6.07) is 21.5. The van der Waals surface area contributed by atoms with Crippen LogP contribution < -0.4 is 16.4 Å². The molecule has 0 spiro atoms. The Morgan fingerprint density at radius 2 is 1.18 bits per heavy atom. The van der Waals surface area contributed by atoms with E-state index in [1.54, 1.807) is 11.1 Å². The Bertz CT molecular complexity index is 1750. The van der Waals surface area contributed by atoms with E-state index in [1.165, 1.54) is 82.4 Å². The molecule has 0 fully saturated rings. The van der Waals surface area contributed by atoms with Gasteiger partial charge in [-0.2, -0.15) is 0 Å². The lowest BCUT2D eigenvalue weighted by Gasteiger charge is -2.30. The molecule has 0 amide bonds. The summed E-state index contributed by atoms with van der Waals surface area (Å²) >= 11 is 0. The van der Waals surface area contributed by atoms with E-state index in [4.69, 9.17) is 0 Å². The van der Waals surface area contributed by atoms with Crippen molar-refractivity contribution < 1.29 is 0 Å². The fraction of sp³-hybridized carbons (Fsp3) is 0.297. The smallest absolute Gasteiger partial charge is 0.0646 e. The molecule has 0 bridgehead atoms. The van der Waals surface area contributed by atoms with Gasteiger partial charge < -0.3 is 0 Å². The van der Waals surface area contributed by atoms with Gasteiger partial charge >= 0.3 is 0 Å². The van der Waals surface area contributed by atoms with Crippen LogP contribution in [0.15, 0.2) is 54.6 Å². The van der Waals surface area contributed by atoms with Crippen LogP contribution in [0.3, 0.4) is 0 Å². The Hall–Kier alpha value is -3.32. The topological polar surface area (TPSA) is 0 Å². The van der Waals surface area contributed by atoms with Crippen LogP contribution in [-0.4, -0.2) is 6.71 Å². The molecule has 1 heteroatoms. The zero-order valence-electron chi connectivity index (χ0n) is 24.4. The van der Waals surface area contributed by atoms with Crippen molar-refractivity contribution in [1.29, 1.82) is 0 Å². The van der Waals surface area contributed by atoms with Gasteiger partial charge in [-0.3, -0.25) is 0 Å². The maximum Gasteiger partial charge on any atom is 0.242 e. The molecule has 0 heterocycles. The van der Waals surface area contributed by atoms with Crippen LogP contribution in [0.1, 0.15) is 62.6 Å². The van der Waals surface area contributed by atoms with Gasteiger partial charge in [-0.15, -0.1) is 0 Å². The van der Waals surface area contributed by atoms with Gasteiger partial charge in [0.05, 0.1) is 0 Å². The predicted octanol–water partition coefficient (Wildman–Crippen LogP) is 7.33. The molecule has 1 aliphatic carbocycles. The monoisotopic (exact) mass is 494 g/mol. The summed E-state index contributed by atoms with van der Waals surface area (Å²) in [6.45, 7) is 18.6. The van der Waals surface area contributed by atoms with Crippen molar-refractivity contribution in [2.45, 2.75) is 74.7 Å². The second-order valence-electron chi connectivity index (χ2n) is 12.0. The number of hydrogen-bond donors (Lipinski definition) is 0. The first kappa shape index (κ1) is 25.0. The van der Waals surface area contributed by atoms with E-state index >= 15 is 0 Å². The number of benzene rings is 5. The van der Waals surface area contributed by atoms with Gasteiger partial charge in [0.25, 0.3) is 0 Å². The second-order valence-corrected chi connectivity index (χ2v) is 12.0. The summed E-state index contributed by atoms with van der Waals surface area (Å²) in [5.74, 6) is 0. The van der Waals surface area contributed by atoms with Crippen molar-refractivity contribution in [3.63, 3.8) is 0 Å². The molecule has 0 nitrogen and oxygen atoms in total. The number of rotatable bonds is 4. The normalized spacial score (nSPS) is 12.6. The quantitative estimate of drug-likeness (QED) is 0.181. The largest absolute Gasteiger partial charge is 0.242 e. The van der Waals surface area contributed by atoms with E-state index in [1.807, 2.05) is 0 Å². The molecular formula is C37H39B. The summed E-state index contributed by atoms with van der Waals surface area (Å²) in [6.07, 6.45) is 3.28. The first-order valence-electron chi connectivity index (χ1n) is 14.3. The van der Waals surface area contributed by atoms with E-state index in [0.717, 1.165) is 19.3 Å². The van der Waals surface area contributed by atoms with Gasteiger partial charge in [-0.25, -0.2) is 0 Å². The van der Waals surface area contributed by atoms with Crippen LogP contribution in [0, 0.1) is 48.5 Å². The molecule has 190 valence electrons. The molecule has 6 rings (SSSR count). The third-order valence-electron chi connectivity index (χ3n) is 9.22. The van der Waals surface area contributed by atoms with Crippen molar-refractivity contribution >= 4 is 44.6 Å². The Balaban J connectivity index is 1.80. The fourth-order valence-corrected chi connectivity index (χ4v) is 7.75. The zero-order chi connectivity index (χ0) is 26.9. The van der Waals surface area contributed by atoms with Crippen LogP contribution in [0.4, 0.5) is 0 Å². The lowest BCUT2D eigenvalue weighted by molar-refractivity contribution is 0.962. The average molecular weight is 495 g/mol. The molecular weight excluding hydrogens is 455 g/mol. The van der Waals surface area contributed by atoms with Gasteiger partial charge in [0.15, 0.2) is 0 Å². The summed E-state index contributed by atoms with van der Waals surface area (Å²) in [5.41, 5.74) is 18.9. The highest BCUT2D eigenvalue weighted by atomic mass is 14.2. The highest BCUT2D eigenvalue weighted by molar-refractivity contribution is 6.97.